The number of rotatable bonds is 6. The van der Waals surface area contributed by atoms with Gasteiger partial charge in [0.2, 0.25) is 11.9 Å². The van der Waals surface area contributed by atoms with Gasteiger partial charge in [0.15, 0.2) is 0 Å². The number of carbonyl (C=O) groups is 1. The molecule has 3 aromatic heterocycles. The Morgan fingerprint density at radius 3 is 2.81 bits per heavy atom. The minimum atomic E-state index is -0.301. The van der Waals surface area contributed by atoms with Crippen LogP contribution in [0.1, 0.15) is 43.7 Å². The molecule has 3 heterocycles. The van der Waals surface area contributed by atoms with Crippen molar-refractivity contribution in [2.24, 2.45) is 0 Å². The molecule has 1 N–H and O–H groups in total. The van der Waals surface area contributed by atoms with Gasteiger partial charge in [-0.25, -0.2) is 4.98 Å². The third-order valence-corrected chi connectivity index (χ3v) is 5.53. The fourth-order valence-electron chi connectivity index (χ4n) is 3.87. The van der Waals surface area contributed by atoms with Crippen molar-refractivity contribution in [1.29, 1.82) is 5.26 Å². The third kappa shape index (κ3) is 4.26. The first-order valence-electron chi connectivity index (χ1n) is 10.3. The molecule has 1 saturated carbocycles. The molecular weight excluding hydrogens is 396 g/mol. The molecule has 160 valence electrons. The predicted octanol–water partition coefficient (Wildman–Crippen LogP) is 2.20. The Labute approximate surface area is 179 Å². The number of fused-ring (bicyclic) bond motifs is 1. The van der Waals surface area contributed by atoms with Gasteiger partial charge >= 0.3 is 0 Å². The summed E-state index contributed by atoms with van der Waals surface area (Å²) in [5.41, 5.74) is 1.01. The molecule has 0 radical (unpaired) electrons. The zero-order valence-electron chi connectivity index (χ0n) is 17.6. The second kappa shape index (κ2) is 8.55. The molecule has 3 aromatic rings. The standard InChI is InChI=1S/C21H24N8O2/c1-27(2)18(30)7-8-28-13-16(12-24-28)25-21-23-11-15-9-14(10-22)20(31)29(19(15)26-21)17-5-3-4-6-17/h9,11-13,17H,3-8H2,1-2H3,(H,23,25,26). The van der Waals surface area contributed by atoms with E-state index in [2.05, 4.69) is 20.4 Å². The van der Waals surface area contributed by atoms with Crippen molar-refractivity contribution in [2.45, 2.75) is 44.7 Å². The van der Waals surface area contributed by atoms with Crippen molar-refractivity contribution >= 4 is 28.6 Å². The highest BCUT2D eigenvalue weighted by atomic mass is 16.2. The molecule has 0 atom stereocenters. The van der Waals surface area contributed by atoms with Crippen molar-refractivity contribution in [3.05, 3.63) is 40.6 Å². The summed E-state index contributed by atoms with van der Waals surface area (Å²) in [6.07, 6.45) is 9.30. The Hall–Kier alpha value is -3.74. The van der Waals surface area contributed by atoms with Crippen molar-refractivity contribution in [3.8, 4) is 6.07 Å². The number of aryl methyl sites for hydroxylation is 1. The number of hydrogen-bond donors (Lipinski definition) is 1. The molecular formula is C21H24N8O2. The van der Waals surface area contributed by atoms with E-state index in [1.54, 1.807) is 52.9 Å². The number of nitriles is 1. The van der Waals surface area contributed by atoms with Crippen molar-refractivity contribution < 1.29 is 4.79 Å². The largest absolute Gasteiger partial charge is 0.349 e. The van der Waals surface area contributed by atoms with E-state index >= 15 is 0 Å². The second-order valence-corrected chi connectivity index (χ2v) is 7.91. The van der Waals surface area contributed by atoms with Crippen LogP contribution in [0.4, 0.5) is 11.6 Å². The number of pyridine rings is 1. The second-order valence-electron chi connectivity index (χ2n) is 7.91. The Morgan fingerprint density at radius 2 is 2.10 bits per heavy atom. The van der Waals surface area contributed by atoms with Crippen LogP contribution < -0.4 is 10.9 Å². The van der Waals surface area contributed by atoms with Gasteiger partial charge < -0.3 is 10.2 Å². The highest BCUT2D eigenvalue weighted by Crippen LogP contribution is 2.30. The number of anilines is 2. The van der Waals surface area contributed by atoms with Gasteiger partial charge in [0.05, 0.1) is 11.9 Å². The Kier molecular flexibility index (Phi) is 5.66. The number of carbonyl (C=O) groups excluding carboxylic acids is 1. The van der Waals surface area contributed by atoms with Gasteiger partial charge in [-0.05, 0) is 18.9 Å². The van der Waals surface area contributed by atoms with Crippen LogP contribution in [0.2, 0.25) is 0 Å². The first-order chi connectivity index (χ1) is 15.0. The lowest BCUT2D eigenvalue weighted by atomic mass is 10.2. The summed E-state index contributed by atoms with van der Waals surface area (Å²) in [5.74, 6) is 0.372. The minimum Gasteiger partial charge on any atom is -0.349 e. The summed E-state index contributed by atoms with van der Waals surface area (Å²) in [5, 5.41) is 17.4. The lowest BCUT2D eigenvalue weighted by molar-refractivity contribution is -0.128. The smallest absolute Gasteiger partial charge is 0.270 e. The monoisotopic (exact) mass is 420 g/mol. The Bertz CT molecular complexity index is 1210. The molecule has 0 saturated heterocycles. The van der Waals surface area contributed by atoms with Crippen LogP contribution in [0.3, 0.4) is 0 Å². The van der Waals surface area contributed by atoms with Crippen LogP contribution in [0.5, 0.6) is 0 Å². The van der Waals surface area contributed by atoms with Crippen molar-refractivity contribution in [3.63, 3.8) is 0 Å². The summed E-state index contributed by atoms with van der Waals surface area (Å²) >= 11 is 0. The van der Waals surface area contributed by atoms with E-state index in [4.69, 9.17) is 0 Å². The highest BCUT2D eigenvalue weighted by molar-refractivity contribution is 5.77. The van der Waals surface area contributed by atoms with E-state index < -0.39 is 0 Å². The summed E-state index contributed by atoms with van der Waals surface area (Å²) in [4.78, 5) is 35.1. The normalized spacial score (nSPS) is 14.0. The van der Waals surface area contributed by atoms with Crippen LogP contribution in [-0.4, -0.2) is 49.2 Å². The maximum Gasteiger partial charge on any atom is 0.270 e. The van der Waals surface area contributed by atoms with Crippen LogP contribution in [0.15, 0.2) is 29.5 Å². The van der Waals surface area contributed by atoms with E-state index in [1.807, 2.05) is 6.07 Å². The topological polar surface area (TPSA) is 122 Å². The quantitative estimate of drug-likeness (QED) is 0.649. The summed E-state index contributed by atoms with van der Waals surface area (Å²) in [6, 6.07) is 3.59. The minimum absolute atomic E-state index is 0.0319. The van der Waals surface area contributed by atoms with Crippen molar-refractivity contribution in [2.75, 3.05) is 19.4 Å². The molecule has 0 unspecified atom stereocenters. The number of hydrogen-bond acceptors (Lipinski definition) is 7. The molecule has 10 heteroatoms. The van der Waals surface area contributed by atoms with Gasteiger partial charge in [-0.1, -0.05) is 12.8 Å². The maximum atomic E-state index is 12.9. The fraction of sp³-hybridized carbons (Fsp3) is 0.429. The Balaban J connectivity index is 1.61. The van der Waals surface area contributed by atoms with Crippen LogP contribution in [0.25, 0.3) is 11.0 Å². The predicted molar refractivity (Wildman–Crippen MR) is 115 cm³/mol. The van der Waals surface area contributed by atoms with Gasteiger partial charge in [-0.2, -0.15) is 15.3 Å². The van der Waals surface area contributed by atoms with E-state index in [-0.39, 0.29) is 23.1 Å². The molecule has 0 spiro atoms. The van der Waals surface area contributed by atoms with Gasteiger partial charge in [-0.15, -0.1) is 0 Å². The van der Waals surface area contributed by atoms with Crippen LogP contribution in [-0.2, 0) is 11.3 Å². The summed E-state index contributed by atoms with van der Waals surface area (Å²) in [6.45, 7) is 0.468. The molecule has 1 amide bonds. The average Bonchev–Trinajstić information content (AvgIpc) is 3.44. The van der Waals surface area contributed by atoms with Gasteiger partial charge in [-0.3, -0.25) is 18.8 Å². The molecule has 10 nitrogen and oxygen atoms in total. The molecule has 0 bridgehead atoms. The average molecular weight is 420 g/mol. The number of amides is 1. The summed E-state index contributed by atoms with van der Waals surface area (Å²) < 4.78 is 3.34. The zero-order valence-corrected chi connectivity index (χ0v) is 17.6. The van der Waals surface area contributed by atoms with Gasteiger partial charge in [0, 0.05) is 50.9 Å². The summed E-state index contributed by atoms with van der Waals surface area (Å²) in [7, 11) is 3.44. The van der Waals surface area contributed by atoms with E-state index in [9.17, 15) is 14.9 Å². The van der Waals surface area contributed by atoms with Crippen LogP contribution >= 0.6 is 0 Å². The van der Waals surface area contributed by atoms with Crippen LogP contribution in [0, 0.1) is 11.3 Å². The van der Waals surface area contributed by atoms with E-state index in [0.717, 1.165) is 25.7 Å². The molecule has 1 aliphatic carbocycles. The Morgan fingerprint density at radius 1 is 1.32 bits per heavy atom. The molecule has 1 fully saturated rings. The first kappa shape index (κ1) is 20.5. The number of aromatic nitrogens is 5. The highest BCUT2D eigenvalue weighted by Gasteiger charge is 2.22. The molecule has 0 aliphatic heterocycles. The number of nitrogens with one attached hydrogen (secondary N) is 1. The molecule has 4 rings (SSSR count). The van der Waals surface area contributed by atoms with Crippen molar-refractivity contribution in [1.82, 2.24) is 29.2 Å². The van der Waals surface area contributed by atoms with E-state index in [1.165, 1.54) is 0 Å². The molecule has 31 heavy (non-hydrogen) atoms. The molecule has 0 aromatic carbocycles. The maximum absolute atomic E-state index is 12.9. The SMILES string of the molecule is CN(C)C(=O)CCn1cc(Nc2ncc3cc(C#N)c(=O)n(C4CCCC4)c3n2)cn1. The molecule has 1 aliphatic rings. The number of nitrogens with zero attached hydrogens (tertiary/aromatic N) is 7. The zero-order chi connectivity index (χ0) is 22.0. The fourth-order valence-corrected chi connectivity index (χ4v) is 3.87. The van der Waals surface area contributed by atoms with E-state index in [0.29, 0.717) is 35.6 Å². The van der Waals surface area contributed by atoms with Gasteiger partial charge in [0.1, 0.15) is 17.3 Å². The lowest BCUT2D eigenvalue weighted by Crippen LogP contribution is -2.26. The van der Waals surface area contributed by atoms with Gasteiger partial charge in [0.25, 0.3) is 5.56 Å². The third-order valence-electron chi connectivity index (χ3n) is 5.53. The first-order valence-corrected chi connectivity index (χ1v) is 10.3. The lowest BCUT2D eigenvalue weighted by Gasteiger charge is -2.16.